The zero-order valence-corrected chi connectivity index (χ0v) is 20.4. The Morgan fingerprint density at radius 1 is 0.457 bits per heavy atom. The molecule has 7 rings (SSSR count). The van der Waals surface area contributed by atoms with E-state index in [9.17, 15) is 0 Å². The Morgan fingerprint density at radius 3 is 1.69 bits per heavy atom. The van der Waals surface area contributed by atoms with Crippen LogP contribution in [0.4, 0.5) is 17.1 Å². The van der Waals surface area contributed by atoms with Crippen LogP contribution in [0.1, 0.15) is 0 Å². The van der Waals surface area contributed by atoms with Gasteiger partial charge in [-0.2, -0.15) is 0 Å². The molecule has 35 heavy (non-hydrogen) atoms. The molecule has 6 aromatic carbocycles. The van der Waals surface area contributed by atoms with E-state index in [4.69, 9.17) is 11.6 Å². The molecule has 0 saturated carbocycles. The molecule has 7 aromatic rings. The Labute approximate surface area is 212 Å². The first-order valence-electron chi connectivity index (χ1n) is 11.6. The maximum Gasteiger partial charge on any atom is 0.0468 e. The van der Waals surface area contributed by atoms with Crippen molar-refractivity contribution in [2.45, 2.75) is 0 Å². The summed E-state index contributed by atoms with van der Waals surface area (Å²) in [5.41, 5.74) is 3.42. The van der Waals surface area contributed by atoms with Crippen molar-refractivity contribution in [2.75, 3.05) is 4.90 Å². The van der Waals surface area contributed by atoms with E-state index in [0.717, 1.165) is 22.1 Å². The molecule has 0 aliphatic heterocycles. The molecule has 1 aromatic heterocycles. The number of fused-ring (bicyclic) bond motifs is 5. The molecule has 1 nitrogen and oxygen atoms in total. The van der Waals surface area contributed by atoms with Crippen molar-refractivity contribution in [1.82, 2.24) is 0 Å². The molecule has 0 atom stereocenters. The molecule has 0 unspecified atom stereocenters. The fourth-order valence-electron chi connectivity index (χ4n) is 4.96. The number of rotatable bonds is 3. The second-order valence-electron chi connectivity index (χ2n) is 8.82. The van der Waals surface area contributed by atoms with Gasteiger partial charge < -0.3 is 4.90 Å². The number of halogens is 1. The minimum atomic E-state index is 0.776. The summed E-state index contributed by atoms with van der Waals surface area (Å²) < 4.78 is 2.48. The predicted molar refractivity (Wildman–Crippen MR) is 154 cm³/mol. The van der Waals surface area contributed by atoms with E-state index in [1.807, 2.05) is 6.07 Å². The third-order valence-corrected chi connectivity index (χ3v) is 8.03. The lowest BCUT2D eigenvalue weighted by Crippen LogP contribution is -2.09. The summed E-state index contributed by atoms with van der Waals surface area (Å²) in [4.78, 5) is 2.36. The highest BCUT2D eigenvalue weighted by Crippen LogP contribution is 2.42. The van der Waals surface area contributed by atoms with Crippen molar-refractivity contribution in [3.05, 3.63) is 126 Å². The molecule has 0 fully saturated rings. The van der Waals surface area contributed by atoms with Gasteiger partial charge in [0.15, 0.2) is 0 Å². The van der Waals surface area contributed by atoms with Crippen molar-refractivity contribution >= 4 is 81.7 Å². The van der Waals surface area contributed by atoms with Crippen LogP contribution < -0.4 is 4.90 Å². The molecule has 1 heterocycles. The molecule has 0 aliphatic carbocycles. The molecule has 0 aliphatic rings. The summed E-state index contributed by atoms with van der Waals surface area (Å²) in [7, 11) is 0. The van der Waals surface area contributed by atoms with Gasteiger partial charge in [0.25, 0.3) is 0 Å². The number of thiophene rings is 1. The van der Waals surface area contributed by atoms with E-state index >= 15 is 0 Å². The minimum Gasteiger partial charge on any atom is -0.310 e. The second-order valence-corrected chi connectivity index (χ2v) is 10.3. The summed E-state index contributed by atoms with van der Waals surface area (Å²) in [5.74, 6) is 0. The first-order chi connectivity index (χ1) is 17.2. The van der Waals surface area contributed by atoms with Crippen LogP contribution in [0.2, 0.25) is 5.02 Å². The largest absolute Gasteiger partial charge is 0.310 e. The molecule has 0 radical (unpaired) electrons. The van der Waals surface area contributed by atoms with Gasteiger partial charge >= 0.3 is 0 Å². The summed E-state index contributed by atoms with van der Waals surface area (Å²) >= 11 is 8.07. The Kier molecular flexibility index (Phi) is 4.76. The highest BCUT2D eigenvalue weighted by Gasteiger charge is 2.16. The first kappa shape index (κ1) is 20.5. The van der Waals surface area contributed by atoms with E-state index < -0.39 is 0 Å². The van der Waals surface area contributed by atoms with Gasteiger partial charge in [-0.1, -0.05) is 78.3 Å². The van der Waals surface area contributed by atoms with Crippen LogP contribution in [-0.2, 0) is 0 Å². The molecular formula is C32H20ClNS. The normalized spacial score (nSPS) is 11.6. The van der Waals surface area contributed by atoms with E-state index in [2.05, 4.69) is 120 Å². The van der Waals surface area contributed by atoms with E-state index in [0.29, 0.717) is 0 Å². The van der Waals surface area contributed by atoms with E-state index in [1.165, 1.54) is 41.7 Å². The fourth-order valence-corrected chi connectivity index (χ4v) is 6.32. The monoisotopic (exact) mass is 485 g/mol. The van der Waals surface area contributed by atoms with Crippen LogP contribution in [0, 0.1) is 0 Å². The lowest BCUT2D eigenvalue weighted by molar-refractivity contribution is 1.30. The smallest absolute Gasteiger partial charge is 0.0468 e. The van der Waals surface area contributed by atoms with Gasteiger partial charge in [0.05, 0.1) is 0 Å². The lowest BCUT2D eigenvalue weighted by atomic mass is 10.1. The Bertz CT molecular complexity index is 1810. The number of hydrogen-bond donors (Lipinski definition) is 0. The van der Waals surface area contributed by atoms with Crippen molar-refractivity contribution in [3.8, 4) is 0 Å². The Morgan fingerprint density at radius 2 is 1.03 bits per heavy atom. The molecule has 0 spiro atoms. The van der Waals surface area contributed by atoms with Gasteiger partial charge in [-0.05, 0) is 76.1 Å². The van der Waals surface area contributed by atoms with Crippen LogP contribution in [0.3, 0.4) is 0 Å². The van der Waals surface area contributed by atoms with Gasteiger partial charge in [-0.3, -0.25) is 0 Å². The van der Waals surface area contributed by atoms with Crippen molar-refractivity contribution in [1.29, 1.82) is 0 Å². The molecule has 166 valence electrons. The lowest BCUT2D eigenvalue weighted by Gasteiger charge is -2.26. The number of benzene rings is 6. The minimum absolute atomic E-state index is 0.776. The van der Waals surface area contributed by atoms with E-state index in [-0.39, 0.29) is 0 Å². The van der Waals surface area contributed by atoms with Gasteiger partial charge in [0.1, 0.15) is 0 Å². The SMILES string of the molecule is Clc1ccc2c(c1)sc1ccc(N(c3ccc4ccccc4c3)c3ccc4ccccc4c3)cc12. The van der Waals surface area contributed by atoms with Gasteiger partial charge in [0.2, 0.25) is 0 Å². The number of hydrogen-bond acceptors (Lipinski definition) is 2. The molecule has 3 heteroatoms. The average molecular weight is 486 g/mol. The quantitative estimate of drug-likeness (QED) is 0.240. The van der Waals surface area contributed by atoms with Gasteiger partial charge in [-0.25, -0.2) is 0 Å². The highest BCUT2D eigenvalue weighted by atomic mass is 35.5. The fraction of sp³-hybridized carbons (Fsp3) is 0. The zero-order valence-electron chi connectivity index (χ0n) is 18.8. The van der Waals surface area contributed by atoms with Crippen LogP contribution in [0.25, 0.3) is 41.7 Å². The summed E-state index contributed by atoms with van der Waals surface area (Å²) in [5, 5.41) is 8.22. The van der Waals surface area contributed by atoms with Crippen LogP contribution in [-0.4, -0.2) is 0 Å². The number of anilines is 3. The molecule has 0 N–H and O–H groups in total. The Balaban J connectivity index is 1.48. The van der Waals surface area contributed by atoms with Crippen LogP contribution in [0.15, 0.2) is 121 Å². The third kappa shape index (κ3) is 3.54. The highest BCUT2D eigenvalue weighted by molar-refractivity contribution is 7.25. The second kappa shape index (κ2) is 8.13. The third-order valence-electron chi connectivity index (χ3n) is 6.66. The van der Waals surface area contributed by atoms with Crippen molar-refractivity contribution in [2.24, 2.45) is 0 Å². The van der Waals surface area contributed by atoms with Crippen molar-refractivity contribution < 1.29 is 0 Å². The Hall–Kier alpha value is -3.85. The maximum absolute atomic E-state index is 6.28. The molecule has 0 amide bonds. The average Bonchev–Trinajstić information content (AvgIpc) is 3.25. The standard InChI is InChI=1S/C32H20ClNS/c33-25-11-15-29-30-20-28(14-16-31(30)35-32(29)19-25)34(26-12-9-21-5-1-3-7-23(21)17-26)27-13-10-22-6-2-4-8-24(22)18-27/h1-20H. The molecule has 0 bridgehead atoms. The maximum atomic E-state index is 6.28. The predicted octanol–water partition coefficient (Wildman–Crippen LogP) is 10.5. The van der Waals surface area contributed by atoms with Gasteiger partial charge in [-0.15, -0.1) is 11.3 Å². The van der Waals surface area contributed by atoms with E-state index in [1.54, 1.807) is 11.3 Å². The molecular weight excluding hydrogens is 466 g/mol. The van der Waals surface area contributed by atoms with Gasteiger partial charge in [0, 0.05) is 42.3 Å². The summed E-state index contributed by atoms with van der Waals surface area (Å²) in [6.45, 7) is 0. The van der Waals surface area contributed by atoms with Crippen LogP contribution in [0.5, 0.6) is 0 Å². The topological polar surface area (TPSA) is 3.24 Å². The molecule has 0 saturated heterocycles. The first-order valence-corrected chi connectivity index (χ1v) is 12.8. The summed E-state index contributed by atoms with van der Waals surface area (Å²) in [6.07, 6.45) is 0. The zero-order chi connectivity index (χ0) is 23.4. The summed E-state index contributed by atoms with van der Waals surface area (Å²) in [6, 6.07) is 43.4. The number of nitrogens with zero attached hydrogens (tertiary/aromatic N) is 1. The van der Waals surface area contributed by atoms with Crippen molar-refractivity contribution in [3.63, 3.8) is 0 Å². The van der Waals surface area contributed by atoms with Crippen LogP contribution >= 0.6 is 22.9 Å².